The van der Waals surface area contributed by atoms with Gasteiger partial charge in [-0.05, 0) is 55.6 Å². The van der Waals surface area contributed by atoms with E-state index in [1.165, 1.54) is 6.07 Å². The Balaban J connectivity index is 1.71. The first-order chi connectivity index (χ1) is 13.0. The normalized spacial score (nSPS) is 16.9. The van der Waals surface area contributed by atoms with Crippen molar-refractivity contribution in [3.8, 4) is 5.75 Å². The molecule has 1 N–H and O–H groups in total. The van der Waals surface area contributed by atoms with Crippen molar-refractivity contribution in [3.63, 3.8) is 0 Å². The third-order valence-corrected chi connectivity index (χ3v) is 4.81. The van der Waals surface area contributed by atoms with Crippen molar-refractivity contribution in [2.24, 2.45) is 0 Å². The first-order valence-corrected chi connectivity index (χ1v) is 8.91. The number of nitrogens with zero attached hydrogens (tertiary/aromatic N) is 2. The van der Waals surface area contributed by atoms with E-state index in [0.717, 1.165) is 36.3 Å². The van der Waals surface area contributed by atoms with Gasteiger partial charge in [0.2, 0.25) is 5.91 Å². The highest BCUT2D eigenvalue weighted by Crippen LogP contribution is 2.33. The lowest BCUT2D eigenvalue weighted by molar-refractivity contribution is -0.384. The van der Waals surface area contributed by atoms with Crippen LogP contribution in [0.5, 0.6) is 5.75 Å². The molecule has 142 valence electrons. The van der Waals surface area contributed by atoms with E-state index in [4.69, 9.17) is 4.74 Å². The number of methoxy groups -OCH3 is 1. The van der Waals surface area contributed by atoms with E-state index in [1.807, 2.05) is 24.3 Å². The number of carbonyl (C=O) groups excluding carboxylic acids is 1. The first-order valence-electron chi connectivity index (χ1n) is 8.91. The Hall–Kier alpha value is -2.93. The fourth-order valence-corrected chi connectivity index (χ4v) is 3.51. The van der Waals surface area contributed by atoms with Gasteiger partial charge in [0.15, 0.2) is 0 Å². The quantitative estimate of drug-likeness (QED) is 0.620. The zero-order chi connectivity index (χ0) is 19.4. The minimum Gasteiger partial charge on any atom is -0.497 e. The molecule has 0 aromatic heterocycles. The number of hydrogen-bond donors (Lipinski definition) is 1. The Morgan fingerprint density at radius 2 is 2.15 bits per heavy atom. The van der Waals surface area contributed by atoms with E-state index >= 15 is 0 Å². The maximum Gasteiger partial charge on any atom is 0.293 e. The van der Waals surface area contributed by atoms with Crippen LogP contribution in [0.15, 0.2) is 42.5 Å². The number of hydrogen-bond acceptors (Lipinski definition) is 5. The van der Waals surface area contributed by atoms with Crippen LogP contribution in [0.25, 0.3) is 0 Å². The number of nitro benzene ring substituents is 1. The number of likely N-dealkylation sites (tertiary alicyclic amines) is 1. The highest BCUT2D eigenvalue weighted by Gasteiger charge is 2.28. The zero-order valence-electron chi connectivity index (χ0n) is 15.5. The van der Waals surface area contributed by atoms with Crippen molar-refractivity contribution in [3.05, 3.63) is 63.7 Å². The molecular weight excluding hydrogens is 346 g/mol. The maximum absolute atomic E-state index is 12.5. The Morgan fingerprint density at radius 1 is 1.33 bits per heavy atom. The standard InChI is InChI=1S/C20H23N3O4/c1-14-8-9-17(19(11-14)23(25)26)21-20(24)13-22-10-4-7-18(22)15-5-3-6-16(12-15)27-2/h3,5-6,8-9,11-12,18H,4,7,10,13H2,1-2H3,(H,21,24). The molecule has 1 atom stereocenters. The van der Waals surface area contributed by atoms with Gasteiger partial charge in [0.05, 0.1) is 18.6 Å². The topological polar surface area (TPSA) is 84.7 Å². The molecule has 0 bridgehead atoms. The van der Waals surface area contributed by atoms with Gasteiger partial charge in [0, 0.05) is 12.1 Å². The number of aryl methyl sites for hydroxylation is 1. The molecule has 0 spiro atoms. The summed E-state index contributed by atoms with van der Waals surface area (Å²) in [6, 6.07) is 12.8. The minimum atomic E-state index is -0.475. The van der Waals surface area contributed by atoms with Crippen molar-refractivity contribution in [1.29, 1.82) is 0 Å². The summed E-state index contributed by atoms with van der Waals surface area (Å²) < 4.78 is 5.29. The van der Waals surface area contributed by atoms with E-state index < -0.39 is 4.92 Å². The molecule has 3 rings (SSSR count). The summed E-state index contributed by atoms with van der Waals surface area (Å²) in [5.74, 6) is 0.538. The van der Waals surface area contributed by atoms with Crippen molar-refractivity contribution < 1.29 is 14.5 Å². The van der Waals surface area contributed by atoms with E-state index in [9.17, 15) is 14.9 Å². The Kier molecular flexibility index (Phi) is 5.71. The van der Waals surface area contributed by atoms with Gasteiger partial charge in [-0.2, -0.15) is 0 Å². The third-order valence-electron chi connectivity index (χ3n) is 4.81. The van der Waals surface area contributed by atoms with E-state index in [1.54, 1.807) is 26.2 Å². The van der Waals surface area contributed by atoms with Crippen molar-refractivity contribution in [1.82, 2.24) is 4.90 Å². The monoisotopic (exact) mass is 369 g/mol. The van der Waals surface area contributed by atoms with Gasteiger partial charge in [0.25, 0.3) is 5.69 Å². The summed E-state index contributed by atoms with van der Waals surface area (Å²) in [5, 5.41) is 13.9. The summed E-state index contributed by atoms with van der Waals surface area (Å²) >= 11 is 0. The summed E-state index contributed by atoms with van der Waals surface area (Å²) in [7, 11) is 1.63. The van der Waals surface area contributed by atoms with Gasteiger partial charge in [-0.1, -0.05) is 18.2 Å². The predicted molar refractivity (Wildman–Crippen MR) is 103 cm³/mol. The van der Waals surface area contributed by atoms with Crippen LogP contribution in [-0.4, -0.2) is 35.9 Å². The van der Waals surface area contributed by atoms with Crippen molar-refractivity contribution in [2.45, 2.75) is 25.8 Å². The molecule has 7 heteroatoms. The van der Waals surface area contributed by atoms with Gasteiger partial charge in [-0.15, -0.1) is 0 Å². The number of amides is 1. The molecule has 27 heavy (non-hydrogen) atoms. The first kappa shape index (κ1) is 18.8. The summed E-state index contributed by atoms with van der Waals surface area (Å²) in [4.78, 5) is 25.4. The van der Waals surface area contributed by atoms with Crippen LogP contribution >= 0.6 is 0 Å². The molecule has 0 radical (unpaired) electrons. The number of anilines is 1. The molecule has 1 unspecified atom stereocenters. The van der Waals surface area contributed by atoms with E-state index in [2.05, 4.69) is 10.2 Å². The van der Waals surface area contributed by atoms with Crippen LogP contribution in [0, 0.1) is 17.0 Å². The van der Waals surface area contributed by atoms with Gasteiger partial charge in [0.1, 0.15) is 11.4 Å². The molecule has 1 aliphatic heterocycles. The summed E-state index contributed by atoms with van der Waals surface area (Å²) in [6.07, 6.45) is 1.96. The fourth-order valence-electron chi connectivity index (χ4n) is 3.51. The van der Waals surface area contributed by atoms with Gasteiger partial charge in [-0.25, -0.2) is 0 Å². The molecular formula is C20H23N3O4. The Labute approximate surface area is 158 Å². The third kappa shape index (κ3) is 4.43. The SMILES string of the molecule is COc1cccc(C2CCCN2CC(=O)Nc2ccc(C)cc2[N+](=O)[O-])c1. The van der Waals surface area contributed by atoms with Crippen LogP contribution in [0.4, 0.5) is 11.4 Å². The second-order valence-corrected chi connectivity index (χ2v) is 6.73. The highest BCUT2D eigenvalue weighted by atomic mass is 16.6. The largest absolute Gasteiger partial charge is 0.497 e. The molecule has 1 fully saturated rings. The number of ether oxygens (including phenoxy) is 1. The molecule has 1 heterocycles. The van der Waals surface area contributed by atoms with E-state index in [0.29, 0.717) is 0 Å². The number of nitro groups is 1. The molecule has 0 aliphatic carbocycles. The number of benzene rings is 2. The Morgan fingerprint density at radius 3 is 2.89 bits per heavy atom. The predicted octanol–water partition coefficient (Wildman–Crippen LogP) is 3.69. The smallest absolute Gasteiger partial charge is 0.293 e. The van der Waals surface area contributed by atoms with Crippen LogP contribution in [0.3, 0.4) is 0 Å². The average Bonchev–Trinajstić information content (AvgIpc) is 3.11. The van der Waals surface area contributed by atoms with Crippen molar-refractivity contribution >= 4 is 17.3 Å². The van der Waals surface area contributed by atoms with Crippen LogP contribution in [0.1, 0.15) is 30.0 Å². The fraction of sp³-hybridized carbons (Fsp3) is 0.350. The second kappa shape index (κ2) is 8.18. The van der Waals surface area contributed by atoms with Crippen molar-refractivity contribution in [2.75, 3.05) is 25.5 Å². The summed E-state index contributed by atoms with van der Waals surface area (Å²) in [5.41, 5.74) is 2.03. The zero-order valence-corrected chi connectivity index (χ0v) is 15.5. The lowest BCUT2D eigenvalue weighted by atomic mass is 10.0. The van der Waals surface area contributed by atoms with Crippen LogP contribution < -0.4 is 10.1 Å². The second-order valence-electron chi connectivity index (χ2n) is 6.73. The highest BCUT2D eigenvalue weighted by molar-refractivity contribution is 5.94. The lowest BCUT2D eigenvalue weighted by Gasteiger charge is -2.24. The van der Waals surface area contributed by atoms with E-state index in [-0.39, 0.29) is 29.9 Å². The maximum atomic E-state index is 12.5. The summed E-state index contributed by atoms with van der Waals surface area (Å²) in [6.45, 7) is 2.78. The molecule has 7 nitrogen and oxygen atoms in total. The van der Waals surface area contributed by atoms with Gasteiger partial charge >= 0.3 is 0 Å². The number of rotatable bonds is 6. The lowest BCUT2D eigenvalue weighted by Crippen LogP contribution is -2.33. The molecule has 2 aromatic rings. The molecule has 0 saturated carbocycles. The Bertz CT molecular complexity index is 853. The molecule has 1 amide bonds. The molecule has 1 aliphatic rings. The van der Waals surface area contributed by atoms with Gasteiger partial charge < -0.3 is 10.1 Å². The number of nitrogens with one attached hydrogen (secondary N) is 1. The molecule has 1 saturated heterocycles. The minimum absolute atomic E-state index is 0.0888. The molecule has 2 aromatic carbocycles. The van der Waals surface area contributed by atoms with Gasteiger partial charge in [-0.3, -0.25) is 19.8 Å². The number of carbonyl (C=O) groups is 1. The van der Waals surface area contributed by atoms with Crippen LogP contribution in [-0.2, 0) is 4.79 Å². The van der Waals surface area contributed by atoms with Crippen LogP contribution in [0.2, 0.25) is 0 Å². The average molecular weight is 369 g/mol.